The summed E-state index contributed by atoms with van der Waals surface area (Å²) in [7, 11) is 0. The monoisotopic (exact) mass is 167 g/mol. The van der Waals surface area contributed by atoms with E-state index in [1.807, 2.05) is 0 Å². The van der Waals surface area contributed by atoms with Gasteiger partial charge in [-0.15, -0.1) is 6.58 Å². The number of aliphatic hydroxyl groups is 1. The smallest absolute Gasteiger partial charge is 0.133 e. The van der Waals surface area contributed by atoms with Crippen molar-refractivity contribution in [3.8, 4) is 0 Å². The maximum Gasteiger partial charge on any atom is 0.133 e. The molecule has 0 spiro atoms. The van der Waals surface area contributed by atoms with Crippen molar-refractivity contribution in [3.63, 3.8) is 0 Å². The summed E-state index contributed by atoms with van der Waals surface area (Å²) in [5.41, 5.74) is 0. The zero-order chi connectivity index (χ0) is 8.81. The van der Waals surface area contributed by atoms with E-state index in [9.17, 15) is 5.11 Å². The Morgan fingerprint density at radius 1 is 1.75 bits per heavy atom. The van der Waals surface area contributed by atoms with Gasteiger partial charge in [-0.1, -0.05) is 6.08 Å². The molecular weight excluding hydrogens is 154 g/mol. The fourth-order valence-electron chi connectivity index (χ4n) is 0.904. The SMILES string of the molecule is C=CCNCC(O)c1ccco1. The molecule has 0 bridgehead atoms. The normalized spacial score (nSPS) is 12.8. The minimum atomic E-state index is -0.569. The summed E-state index contributed by atoms with van der Waals surface area (Å²) >= 11 is 0. The molecule has 0 saturated carbocycles. The van der Waals surface area contributed by atoms with Crippen molar-refractivity contribution < 1.29 is 9.52 Å². The Labute approximate surface area is 71.7 Å². The molecular formula is C9H13NO2. The lowest BCUT2D eigenvalue weighted by Gasteiger charge is -2.06. The van der Waals surface area contributed by atoms with Gasteiger partial charge in [0, 0.05) is 13.1 Å². The molecule has 1 atom stereocenters. The van der Waals surface area contributed by atoms with Crippen LogP contribution >= 0.6 is 0 Å². The van der Waals surface area contributed by atoms with E-state index in [4.69, 9.17) is 4.42 Å². The molecule has 0 saturated heterocycles. The summed E-state index contributed by atoms with van der Waals surface area (Å²) in [6.45, 7) is 4.73. The Hall–Kier alpha value is -1.06. The maximum absolute atomic E-state index is 9.45. The first-order valence-corrected chi connectivity index (χ1v) is 3.87. The highest BCUT2D eigenvalue weighted by atomic mass is 16.4. The minimum Gasteiger partial charge on any atom is -0.467 e. The molecule has 2 N–H and O–H groups in total. The van der Waals surface area contributed by atoms with Crippen LogP contribution in [0.2, 0.25) is 0 Å². The van der Waals surface area contributed by atoms with Crippen LogP contribution in [0.25, 0.3) is 0 Å². The third kappa shape index (κ3) is 2.53. The Bertz CT molecular complexity index is 218. The quantitative estimate of drug-likeness (QED) is 0.509. The van der Waals surface area contributed by atoms with Gasteiger partial charge >= 0.3 is 0 Å². The maximum atomic E-state index is 9.45. The molecule has 0 aliphatic heterocycles. The molecule has 0 aliphatic carbocycles. The molecule has 0 aromatic carbocycles. The van der Waals surface area contributed by atoms with Crippen LogP contribution < -0.4 is 5.32 Å². The molecule has 12 heavy (non-hydrogen) atoms. The van der Waals surface area contributed by atoms with Crippen molar-refractivity contribution in [2.45, 2.75) is 6.10 Å². The third-order valence-corrected chi connectivity index (χ3v) is 1.50. The van der Waals surface area contributed by atoms with Crippen molar-refractivity contribution >= 4 is 0 Å². The van der Waals surface area contributed by atoms with Crippen molar-refractivity contribution in [2.75, 3.05) is 13.1 Å². The Kier molecular flexibility index (Phi) is 3.57. The zero-order valence-corrected chi connectivity index (χ0v) is 6.86. The van der Waals surface area contributed by atoms with Gasteiger partial charge in [-0.25, -0.2) is 0 Å². The van der Waals surface area contributed by atoms with E-state index >= 15 is 0 Å². The molecule has 0 aliphatic rings. The highest BCUT2D eigenvalue weighted by molar-refractivity contribution is 5.02. The van der Waals surface area contributed by atoms with Crippen LogP contribution in [-0.2, 0) is 0 Å². The molecule has 0 fully saturated rings. The summed E-state index contributed by atoms with van der Waals surface area (Å²) in [6.07, 6.45) is 2.72. The Morgan fingerprint density at radius 2 is 2.58 bits per heavy atom. The molecule has 0 radical (unpaired) electrons. The van der Waals surface area contributed by atoms with Crippen LogP contribution in [0.4, 0.5) is 0 Å². The van der Waals surface area contributed by atoms with Crippen molar-refractivity contribution in [2.24, 2.45) is 0 Å². The van der Waals surface area contributed by atoms with Crippen LogP contribution in [0.3, 0.4) is 0 Å². The first-order valence-electron chi connectivity index (χ1n) is 3.87. The average Bonchev–Trinajstić information content (AvgIpc) is 2.56. The lowest BCUT2D eigenvalue weighted by Crippen LogP contribution is -2.20. The number of aliphatic hydroxyl groups excluding tert-OH is 1. The van der Waals surface area contributed by atoms with E-state index in [1.54, 1.807) is 24.5 Å². The van der Waals surface area contributed by atoms with Gasteiger partial charge in [-0.3, -0.25) is 0 Å². The molecule has 66 valence electrons. The van der Waals surface area contributed by atoms with Crippen LogP contribution in [0.15, 0.2) is 35.5 Å². The molecule has 1 aromatic heterocycles. The fraction of sp³-hybridized carbons (Fsp3) is 0.333. The second-order valence-electron chi connectivity index (χ2n) is 2.48. The predicted molar refractivity (Wildman–Crippen MR) is 46.7 cm³/mol. The number of nitrogens with one attached hydrogen (secondary N) is 1. The molecule has 3 nitrogen and oxygen atoms in total. The molecule has 1 rings (SSSR count). The van der Waals surface area contributed by atoms with E-state index < -0.39 is 6.10 Å². The zero-order valence-electron chi connectivity index (χ0n) is 6.86. The van der Waals surface area contributed by atoms with Crippen molar-refractivity contribution in [3.05, 3.63) is 36.8 Å². The van der Waals surface area contributed by atoms with Crippen LogP contribution in [0.1, 0.15) is 11.9 Å². The largest absolute Gasteiger partial charge is 0.467 e. The van der Waals surface area contributed by atoms with Crippen molar-refractivity contribution in [1.29, 1.82) is 0 Å². The van der Waals surface area contributed by atoms with Crippen molar-refractivity contribution in [1.82, 2.24) is 5.32 Å². The van der Waals surface area contributed by atoms with Gasteiger partial charge in [0.25, 0.3) is 0 Å². The van der Waals surface area contributed by atoms with Gasteiger partial charge in [-0.2, -0.15) is 0 Å². The summed E-state index contributed by atoms with van der Waals surface area (Å²) in [6, 6.07) is 3.51. The van der Waals surface area contributed by atoms with Gasteiger partial charge in [0.15, 0.2) is 0 Å². The number of rotatable bonds is 5. The average molecular weight is 167 g/mol. The van der Waals surface area contributed by atoms with E-state index in [2.05, 4.69) is 11.9 Å². The molecule has 1 aromatic rings. The molecule has 1 heterocycles. The Balaban J connectivity index is 2.29. The lowest BCUT2D eigenvalue weighted by atomic mass is 10.3. The van der Waals surface area contributed by atoms with Crippen LogP contribution in [-0.4, -0.2) is 18.2 Å². The van der Waals surface area contributed by atoms with Gasteiger partial charge in [0.05, 0.1) is 6.26 Å². The van der Waals surface area contributed by atoms with E-state index in [1.165, 1.54) is 0 Å². The highest BCUT2D eigenvalue weighted by Crippen LogP contribution is 2.11. The molecule has 3 heteroatoms. The number of hydrogen-bond donors (Lipinski definition) is 2. The minimum absolute atomic E-state index is 0.486. The van der Waals surface area contributed by atoms with Gasteiger partial charge < -0.3 is 14.8 Å². The van der Waals surface area contributed by atoms with Gasteiger partial charge in [0.2, 0.25) is 0 Å². The van der Waals surface area contributed by atoms with Gasteiger partial charge in [0.1, 0.15) is 11.9 Å². The van der Waals surface area contributed by atoms with E-state index in [0.29, 0.717) is 18.8 Å². The first kappa shape index (κ1) is 9.03. The summed E-state index contributed by atoms with van der Waals surface area (Å²) in [5.74, 6) is 0.589. The summed E-state index contributed by atoms with van der Waals surface area (Å²) in [4.78, 5) is 0. The lowest BCUT2D eigenvalue weighted by molar-refractivity contribution is 0.149. The third-order valence-electron chi connectivity index (χ3n) is 1.50. The van der Waals surface area contributed by atoms with E-state index in [-0.39, 0.29) is 0 Å². The standard InChI is InChI=1S/C9H13NO2/c1-2-5-10-7-8(11)9-4-3-6-12-9/h2-4,6,8,10-11H,1,5,7H2. The highest BCUT2D eigenvalue weighted by Gasteiger charge is 2.07. The summed E-state index contributed by atoms with van der Waals surface area (Å²) in [5, 5.41) is 12.4. The molecule has 0 amide bonds. The molecule has 1 unspecified atom stereocenters. The second kappa shape index (κ2) is 4.74. The Morgan fingerprint density at radius 3 is 3.17 bits per heavy atom. The fourth-order valence-corrected chi connectivity index (χ4v) is 0.904. The van der Waals surface area contributed by atoms with E-state index in [0.717, 1.165) is 0 Å². The van der Waals surface area contributed by atoms with Gasteiger partial charge in [-0.05, 0) is 12.1 Å². The van der Waals surface area contributed by atoms with Crippen LogP contribution in [0, 0.1) is 0 Å². The first-order chi connectivity index (χ1) is 5.84. The summed E-state index contributed by atoms with van der Waals surface area (Å²) < 4.78 is 5.01. The van der Waals surface area contributed by atoms with Crippen LogP contribution in [0.5, 0.6) is 0 Å². The number of hydrogen-bond acceptors (Lipinski definition) is 3. The second-order valence-corrected chi connectivity index (χ2v) is 2.48. The number of furan rings is 1. The predicted octanol–water partition coefficient (Wildman–Crippen LogP) is 1.09. The topological polar surface area (TPSA) is 45.4 Å².